The predicted octanol–water partition coefficient (Wildman–Crippen LogP) is 3.04. The molecular weight excluding hydrogens is 525 g/mol. The van der Waals surface area contributed by atoms with Crippen molar-refractivity contribution in [3.8, 4) is 5.75 Å². The number of methoxy groups -OCH3 is 1. The number of carbonyl (C=O) groups is 2. The number of nitrogens with one attached hydrogen (secondary N) is 2. The van der Waals surface area contributed by atoms with E-state index in [9.17, 15) is 22.7 Å². The molecule has 2 aromatic carbocycles. The summed E-state index contributed by atoms with van der Waals surface area (Å²) in [7, 11) is 2.84. The van der Waals surface area contributed by atoms with Gasteiger partial charge < -0.3 is 15.8 Å². The van der Waals surface area contributed by atoms with Crippen LogP contribution in [0, 0.1) is 11.7 Å². The van der Waals surface area contributed by atoms with Crippen LogP contribution in [-0.2, 0) is 33.8 Å². The number of benzene rings is 2. The lowest BCUT2D eigenvalue weighted by Crippen LogP contribution is -2.42. The Kier molecular flexibility index (Phi) is 11.2. The van der Waals surface area contributed by atoms with Gasteiger partial charge >= 0.3 is 0 Å². The van der Waals surface area contributed by atoms with Gasteiger partial charge in [0.25, 0.3) is 11.3 Å². The molecule has 2 atom stereocenters. The second-order valence-electron chi connectivity index (χ2n) is 9.58. The van der Waals surface area contributed by atoms with Crippen molar-refractivity contribution >= 4 is 34.7 Å². The highest BCUT2D eigenvalue weighted by Gasteiger charge is 2.25. The van der Waals surface area contributed by atoms with Crippen molar-refractivity contribution in [2.24, 2.45) is 16.6 Å². The molecule has 1 saturated carbocycles. The van der Waals surface area contributed by atoms with Crippen LogP contribution >= 0.6 is 0 Å². The summed E-state index contributed by atoms with van der Waals surface area (Å²) in [6.07, 6.45) is 5.84. The molecule has 2 aromatic rings. The van der Waals surface area contributed by atoms with Gasteiger partial charge in [-0.1, -0.05) is 50.3 Å². The van der Waals surface area contributed by atoms with Crippen LogP contribution < -0.4 is 25.4 Å². The van der Waals surface area contributed by atoms with E-state index in [1.807, 2.05) is 0 Å². The number of ether oxygens (including phenoxy) is 1. The van der Waals surface area contributed by atoms with Crippen molar-refractivity contribution in [2.45, 2.75) is 57.5 Å². The normalized spacial score (nSPS) is 15.7. The average Bonchev–Trinajstić information content (AvgIpc) is 2.92. The lowest BCUT2D eigenvalue weighted by atomic mass is 9.84. The number of halogens is 1. The van der Waals surface area contributed by atoms with Gasteiger partial charge in [-0.3, -0.25) is 23.8 Å². The van der Waals surface area contributed by atoms with E-state index in [1.54, 1.807) is 30.3 Å². The third-order valence-corrected chi connectivity index (χ3v) is 7.38. The Morgan fingerprint density at radius 1 is 1.21 bits per heavy atom. The van der Waals surface area contributed by atoms with E-state index in [2.05, 4.69) is 15.6 Å². The van der Waals surface area contributed by atoms with E-state index >= 15 is 0 Å². The lowest BCUT2D eigenvalue weighted by Gasteiger charge is -2.24. The van der Waals surface area contributed by atoms with Crippen molar-refractivity contribution in [1.29, 1.82) is 0 Å². The Morgan fingerprint density at radius 3 is 2.64 bits per heavy atom. The summed E-state index contributed by atoms with van der Waals surface area (Å²) in [5, 5.41) is 5.39. The molecule has 1 unspecified atom stereocenters. The first-order valence-corrected chi connectivity index (χ1v) is 13.9. The topological polar surface area (TPSA) is 146 Å². The van der Waals surface area contributed by atoms with Crippen LogP contribution in [0.25, 0.3) is 0 Å². The van der Waals surface area contributed by atoms with Gasteiger partial charge in [0.1, 0.15) is 6.04 Å². The number of amides is 2. The van der Waals surface area contributed by atoms with E-state index < -0.39 is 29.0 Å². The molecule has 1 aliphatic carbocycles. The summed E-state index contributed by atoms with van der Waals surface area (Å²) in [5.41, 5.74) is 7.81. The zero-order valence-electron chi connectivity index (χ0n) is 22.2. The van der Waals surface area contributed by atoms with Crippen molar-refractivity contribution in [2.75, 3.05) is 18.5 Å². The van der Waals surface area contributed by atoms with Crippen molar-refractivity contribution < 1.29 is 27.5 Å². The Labute approximate surface area is 230 Å². The molecule has 12 heteroatoms. The molecule has 10 nitrogen and oxygen atoms in total. The molecule has 0 saturated heterocycles. The summed E-state index contributed by atoms with van der Waals surface area (Å²) >= 11 is -2.19. The first kappa shape index (κ1) is 30.0. The van der Waals surface area contributed by atoms with Gasteiger partial charge in [-0.2, -0.15) is 0 Å². The summed E-state index contributed by atoms with van der Waals surface area (Å²) in [4.78, 5) is 30.1. The van der Waals surface area contributed by atoms with E-state index in [1.165, 1.54) is 32.7 Å². The molecule has 39 heavy (non-hydrogen) atoms. The summed E-state index contributed by atoms with van der Waals surface area (Å²) < 4.78 is 40.5. The van der Waals surface area contributed by atoms with Crippen molar-refractivity contribution in [3.63, 3.8) is 0 Å². The third kappa shape index (κ3) is 9.32. The van der Waals surface area contributed by atoms with Crippen molar-refractivity contribution in [3.05, 3.63) is 59.4 Å². The van der Waals surface area contributed by atoms with Crippen LogP contribution in [0.1, 0.15) is 49.7 Å². The van der Waals surface area contributed by atoms with Gasteiger partial charge in [0.05, 0.1) is 19.2 Å². The maximum absolute atomic E-state index is 13.7. The minimum absolute atomic E-state index is 0.0398. The number of aliphatic imine (C=N–C) groups is 1. The Balaban J connectivity index is 1.67. The van der Waals surface area contributed by atoms with E-state index in [-0.39, 0.29) is 30.6 Å². The standard InChI is InChI=1S/C27H36FN5O5S/c1-33(39(36)37)21-10-6-9-19(13-21)16-25(34)32-27(29)31-23(14-18-7-4-3-5-8-18)26(35)30-17-20-11-12-22(28)24(15-20)38-2/h6,9-13,15,18,23H,3-5,7-8,14,16-17H2,1-2H3,(H,30,35)(H,36,37)(H3,29,31,32,34)/t23-/m1/s1. The van der Waals surface area contributed by atoms with Crippen LogP contribution in [0.3, 0.4) is 0 Å². The predicted molar refractivity (Wildman–Crippen MR) is 149 cm³/mol. The molecule has 0 spiro atoms. The van der Waals surface area contributed by atoms with Gasteiger partial charge in [-0.15, -0.1) is 0 Å². The Bertz CT molecular complexity index is 1200. The first-order chi connectivity index (χ1) is 18.7. The van der Waals surface area contributed by atoms with Crippen LogP contribution in [-0.4, -0.2) is 46.7 Å². The molecule has 2 amide bonds. The molecule has 0 heterocycles. The van der Waals surface area contributed by atoms with Crippen LogP contribution in [0.4, 0.5) is 10.1 Å². The maximum Gasteiger partial charge on any atom is 0.261 e. The summed E-state index contributed by atoms with van der Waals surface area (Å²) in [5.74, 6) is -1.01. The SMILES string of the molecule is COc1cc(CNC(=O)[C@@H](CC2CCCCC2)N=C(N)NC(=O)Cc2cccc(N(C)S(=O)O)c2)ccc1F. The molecule has 0 radical (unpaired) electrons. The number of anilines is 1. The molecular formula is C27H36FN5O5S. The van der Waals surface area contributed by atoms with Gasteiger partial charge in [0.2, 0.25) is 11.8 Å². The number of guanidine groups is 1. The second-order valence-corrected chi connectivity index (χ2v) is 10.6. The average molecular weight is 562 g/mol. The van der Waals surface area contributed by atoms with Gasteiger partial charge in [0, 0.05) is 13.6 Å². The van der Waals surface area contributed by atoms with E-state index in [0.717, 1.165) is 30.0 Å². The fourth-order valence-electron chi connectivity index (χ4n) is 4.60. The monoisotopic (exact) mass is 561 g/mol. The number of hydrogen-bond acceptors (Lipinski definition) is 5. The number of carbonyl (C=O) groups excluding carboxylic acids is 2. The fraction of sp³-hybridized carbons (Fsp3) is 0.444. The van der Waals surface area contributed by atoms with Crippen LogP contribution in [0.5, 0.6) is 5.75 Å². The quantitative estimate of drug-likeness (QED) is 0.188. The zero-order chi connectivity index (χ0) is 28.4. The number of nitrogens with zero attached hydrogens (tertiary/aromatic N) is 2. The highest BCUT2D eigenvalue weighted by atomic mass is 32.2. The summed E-state index contributed by atoms with van der Waals surface area (Å²) in [6.45, 7) is 0.155. The minimum atomic E-state index is -2.19. The fourth-order valence-corrected chi connectivity index (χ4v) is 4.90. The molecule has 0 bridgehead atoms. The van der Waals surface area contributed by atoms with Crippen molar-refractivity contribution in [1.82, 2.24) is 10.6 Å². The lowest BCUT2D eigenvalue weighted by molar-refractivity contribution is -0.123. The Hall–Kier alpha value is -3.51. The Morgan fingerprint density at radius 2 is 1.95 bits per heavy atom. The first-order valence-electron chi connectivity index (χ1n) is 12.8. The van der Waals surface area contributed by atoms with Crippen LogP contribution in [0.15, 0.2) is 47.5 Å². The third-order valence-electron chi connectivity index (χ3n) is 6.70. The van der Waals surface area contributed by atoms with E-state index in [0.29, 0.717) is 29.2 Å². The molecule has 1 fully saturated rings. The van der Waals surface area contributed by atoms with Gasteiger partial charge in [-0.25, -0.2) is 13.6 Å². The van der Waals surface area contributed by atoms with E-state index in [4.69, 9.17) is 10.5 Å². The number of rotatable bonds is 11. The highest BCUT2D eigenvalue weighted by Crippen LogP contribution is 2.28. The van der Waals surface area contributed by atoms with Gasteiger partial charge in [0.15, 0.2) is 17.5 Å². The maximum atomic E-state index is 13.7. The number of hydrogen-bond donors (Lipinski definition) is 4. The number of nitrogens with two attached hydrogens (primary N) is 1. The summed E-state index contributed by atoms with van der Waals surface area (Å²) in [6, 6.07) is 10.3. The molecule has 3 rings (SSSR count). The molecule has 5 N–H and O–H groups in total. The minimum Gasteiger partial charge on any atom is -0.494 e. The highest BCUT2D eigenvalue weighted by molar-refractivity contribution is 7.80. The zero-order valence-corrected chi connectivity index (χ0v) is 23.0. The molecule has 212 valence electrons. The second kappa shape index (κ2) is 14.6. The van der Waals surface area contributed by atoms with Crippen LogP contribution in [0.2, 0.25) is 0 Å². The molecule has 1 aliphatic rings. The smallest absolute Gasteiger partial charge is 0.261 e. The molecule has 0 aromatic heterocycles. The van der Waals surface area contributed by atoms with Gasteiger partial charge in [-0.05, 0) is 47.7 Å². The molecule has 0 aliphatic heterocycles. The largest absolute Gasteiger partial charge is 0.494 e.